The molecule has 0 spiro atoms. The molecule has 0 aliphatic carbocycles. The van der Waals surface area contributed by atoms with Crippen molar-refractivity contribution in [1.82, 2.24) is 5.32 Å². The molecule has 0 saturated carbocycles. The fourth-order valence-corrected chi connectivity index (χ4v) is 2.30. The lowest BCUT2D eigenvalue weighted by atomic mass is 10.1. The van der Waals surface area contributed by atoms with Crippen molar-refractivity contribution in [2.24, 2.45) is 0 Å². The first-order valence-electron chi connectivity index (χ1n) is 6.45. The number of para-hydroxylation sites is 1. The van der Waals surface area contributed by atoms with Crippen molar-refractivity contribution in [3.63, 3.8) is 0 Å². The van der Waals surface area contributed by atoms with Gasteiger partial charge in [-0.15, -0.1) is 0 Å². The van der Waals surface area contributed by atoms with Gasteiger partial charge in [0, 0.05) is 31.4 Å². The second-order valence-corrected chi connectivity index (χ2v) is 4.88. The molecule has 2 N–H and O–H groups in total. The number of β-amino-alcohol motifs (C(OH)–C–C–N with tert-alkyl or cyclic N) is 1. The van der Waals surface area contributed by atoms with Gasteiger partial charge in [-0.3, -0.25) is 0 Å². The molecule has 17 heavy (non-hydrogen) atoms. The van der Waals surface area contributed by atoms with Crippen molar-refractivity contribution < 1.29 is 5.11 Å². The van der Waals surface area contributed by atoms with Crippen LogP contribution in [-0.2, 0) is 6.54 Å². The number of nitrogens with zero attached hydrogens (tertiary/aromatic N) is 1. The average molecular weight is 234 g/mol. The second-order valence-electron chi connectivity index (χ2n) is 4.88. The molecule has 2 atom stereocenters. The third-order valence-corrected chi connectivity index (χ3v) is 3.37. The van der Waals surface area contributed by atoms with Gasteiger partial charge in [0.05, 0.1) is 6.10 Å². The summed E-state index contributed by atoms with van der Waals surface area (Å²) in [6.45, 7) is 6.80. The third-order valence-electron chi connectivity index (χ3n) is 3.37. The van der Waals surface area contributed by atoms with Gasteiger partial charge in [0.2, 0.25) is 0 Å². The Kier molecular flexibility index (Phi) is 4.02. The fourth-order valence-electron chi connectivity index (χ4n) is 2.30. The number of aliphatic hydroxyl groups is 1. The van der Waals surface area contributed by atoms with Crippen LogP contribution in [0, 0.1) is 0 Å². The highest BCUT2D eigenvalue weighted by Crippen LogP contribution is 2.23. The molecule has 1 aromatic carbocycles. The van der Waals surface area contributed by atoms with Crippen LogP contribution in [0.3, 0.4) is 0 Å². The number of benzene rings is 1. The van der Waals surface area contributed by atoms with E-state index in [0.717, 1.165) is 26.1 Å². The molecule has 3 heteroatoms. The van der Waals surface area contributed by atoms with Crippen molar-refractivity contribution in [3.8, 4) is 0 Å². The number of hydrogen-bond donors (Lipinski definition) is 2. The van der Waals surface area contributed by atoms with Gasteiger partial charge in [-0.25, -0.2) is 0 Å². The van der Waals surface area contributed by atoms with Crippen LogP contribution in [0.2, 0.25) is 0 Å². The fraction of sp³-hybridized carbons (Fsp3) is 0.571. The molecular formula is C14H22N2O. The maximum absolute atomic E-state index is 9.85. The van der Waals surface area contributed by atoms with Crippen LogP contribution in [0.25, 0.3) is 0 Å². The zero-order chi connectivity index (χ0) is 12.3. The first kappa shape index (κ1) is 12.4. The van der Waals surface area contributed by atoms with Gasteiger partial charge in [0.25, 0.3) is 0 Å². The second kappa shape index (κ2) is 5.52. The first-order chi connectivity index (χ1) is 8.20. The Bertz CT molecular complexity index is 367. The van der Waals surface area contributed by atoms with E-state index in [9.17, 15) is 5.11 Å². The summed E-state index contributed by atoms with van der Waals surface area (Å²) in [6, 6.07) is 8.90. The van der Waals surface area contributed by atoms with Crippen LogP contribution >= 0.6 is 0 Å². The number of aliphatic hydroxyl groups excluding tert-OH is 1. The van der Waals surface area contributed by atoms with E-state index in [1.807, 2.05) is 6.92 Å². The average Bonchev–Trinajstić information content (AvgIpc) is 2.50. The Balaban J connectivity index is 2.22. The van der Waals surface area contributed by atoms with Crippen LogP contribution in [-0.4, -0.2) is 30.3 Å². The van der Waals surface area contributed by atoms with Crippen LogP contribution in [0.15, 0.2) is 24.3 Å². The molecule has 0 radical (unpaired) electrons. The molecule has 0 saturated heterocycles. The SMILES string of the molecule is CCC(O)CN1CC(C)NCc2ccccc21. The number of nitrogens with one attached hydrogen (secondary N) is 1. The Morgan fingerprint density at radius 1 is 1.47 bits per heavy atom. The monoisotopic (exact) mass is 234 g/mol. The van der Waals surface area contributed by atoms with E-state index in [-0.39, 0.29) is 6.10 Å². The summed E-state index contributed by atoms with van der Waals surface area (Å²) < 4.78 is 0. The van der Waals surface area contributed by atoms with E-state index in [1.54, 1.807) is 0 Å². The molecule has 0 amide bonds. The number of hydrogen-bond acceptors (Lipinski definition) is 3. The summed E-state index contributed by atoms with van der Waals surface area (Å²) in [5.41, 5.74) is 2.58. The molecule has 1 aliphatic heterocycles. The summed E-state index contributed by atoms with van der Waals surface area (Å²) in [4.78, 5) is 2.30. The molecule has 1 aliphatic rings. The van der Waals surface area contributed by atoms with Crippen LogP contribution in [0.5, 0.6) is 0 Å². The summed E-state index contributed by atoms with van der Waals surface area (Å²) in [5.74, 6) is 0. The lowest BCUT2D eigenvalue weighted by Gasteiger charge is -2.28. The van der Waals surface area contributed by atoms with E-state index in [4.69, 9.17) is 0 Å². The third kappa shape index (κ3) is 2.99. The maximum Gasteiger partial charge on any atom is 0.0712 e. The van der Waals surface area contributed by atoms with Crippen molar-refractivity contribution >= 4 is 5.69 Å². The number of rotatable bonds is 3. The van der Waals surface area contributed by atoms with E-state index < -0.39 is 0 Å². The van der Waals surface area contributed by atoms with Crippen molar-refractivity contribution in [2.45, 2.75) is 39.0 Å². The van der Waals surface area contributed by atoms with Gasteiger partial charge in [-0.1, -0.05) is 25.1 Å². The van der Waals surface area contributed by atoms with Crippen LogP contribution in [0.1, 0.15) is 25.8 Å². The van der Waals surface area contributed by atoms with Crippen LogP contribution in [0.4, 0.5) is 5.69 Å². The minimum Gasteiger partial charge on any atom is -0.391 e. The predicted octanol–water partition coefficient (Wildman–Crippen LogP) is 1.76. The number of anilines is 1. The number of fused-ring (bicyclic) bond motifs is 1. The standard InChI is InChI=1S/C14H22N2O/c1-3-13(17)10-16-9-11(2)15-8-12-6-4-5-7-14(12)16/h4-7,11,13,15,17H,3,8-10H2,1-2H3. The molecule has 94 valence electrons. The van der Waals surface area contributed by atoms with Gasteiger partial charge in [-0.2, -0.15) is 0 Å². The summed E-state index contributed by atoms with van der Waals surface area (Å²) in [7, 11) is 0. The maximum atomic E-state index is 9.85. The molecule has 0 bridgehead atoms. The zero-order valence-electron chi connectivity index (χ0n) is 10.7. The largest absolute Gasteiger partial charge is 0.391 e. The van der Waals surface area contributed by atoms with Gasteiger partial charge in [-0.05, 0) is 25.0 Å². The highest BCUT2D eigenvalue weighted by molar-refractivity contribution is 5.54. The summed E-state index contributed by atoms with van der Waals surface area (Å²) >= 11 is 0. The van der Waals surface area contributed by atoms with E-state index >= 15 is 0 Å². The smallest absolute Gasteiger partial charge is 0.0712 e. The van der Waals surface area contributed by atoms with E-state index in [2.05, 4.69) is 41.4 Å². The summed E-state index contributed by atoms with van der Waals surface area (Å²) in [5, 5.41) is 13.4. The van der Waals surface area contributed by atoms with Gasteiger partial charge >= 0.3 is 0 Å². The minimum atomic E-state index is -0.242. The molecule has 0 aromatic heterocycles. The van der Waals surface area contributed by atoms with E-state index in [0.29, 0.717) is 6.04 Å². The molecular weight excluding hydrogens is 212 g/mol. The Hall–Kier alpha value is -1.06. The molecule has 3 nitrogen and oxygen atoms in total. The molecule has 0 fully saturated rings. The van der Waals surface area contributed by atoms with Gasteiger partial charge in [0.15, 0.2) is 0 Å². The zero-order valence-corrected chi connectivity index (χ0v) is 10.7. The highest BCUT2D eigenvalue weighted by atomic mass is 16.3. The van der Waals surface area contributed by atoms with Gasteiger partial charge in [0.1, 0.15) is 0 Å². The molecule has 2 rings (SSSR count). The summed E-state index contributed by atoms with van der Waals surface area (Å²) in [6.07, 6.45) is 0.564. The topological polar surface area (TPSA) is 35.5 Å². The Morgan fingerprint density at radius 2 is 2.24 bits per heavy atom. The van der Waals surface area contributed by atoms with Crippen LogP contribution < -0.4 is 10.2 Å². The minimum absolute atomic E-state index is 0.242. The normalized spacial score (nSPS) is 21.8. The van der Waals surface area contributed by atoms with Crippen molar-refractivity contribution in [1.29, 1.82) is 0 Å². The molecule has 1 heterocycles. The van der Waals surface area contributed by atoms with Crippen molar-refractivity contribution in [2.75, 3.05) is 18.0 Å². The lowest BCUT2D eigenvalue weighted by molar-refractivity contribution is 0.175. The predicted molar refractivity (Wildman–Crippen MR) is 71.3 cm³/mol. The molecule has 2 unspecified atom stereocenters. The molecule has 1 aromatic rings. The first-order valence-corrected chi connectivity index (χ1v) is 6.45. The highest BCUT2D eigenvalue weighted by Gasteiger charge is 2.19. The lowest BCUT2D eigenvalue weighted by Crippen LogP contribution is -2.39. The Morgan fingerprint density at radius 3 is 3.00 bits per heavy atom. The van der Waals surface area contributed by atoms with E-state index in [1.165, 1.54) is 11.3 Å². The van der Waals surface area contributed by atoms with Crippen molar-refractivity contribution in [3.05, 3.63) is 29.8 Å². The Labute approximate surface area is 103 Å². The quantitative estimate of drug-likeness (QED) is 0.836. The van der Waals surface area contributed by atoms with Gasteiger partial charge < -0.3 is 15.3 Å².